The minimum Gasteiger partial charge on any atom is -0.497 e. The first-order valence-electron chi connectivity index (χ1n) is 12.1. The van der Waals surface area contributed by atoms with Crippen molar-refractivity contribution in [3.63, 3.8) is 0 Å². The van der Waals surface area contributed by atoms with Crippen molar-refractivity contribution in [1.29, 1.82) is 0 Å². The lowest BCUT2D eigenvalue weighted by Crippen LogP contribution is -2.42. The second-order valence-electron chi connectivity index (χ2n) is 9.28. The number of ether oxygens (including phenoxy) is 1. The summed E-state index contributed by atoms with van der Waals surface area (Å²) in [6.45, 7) is 1.18. The molecule has 0 aliphatic carbocycles. The third-order valence-corrected chi connectivity index (χ3v) is 6.67. The largest absolute Gasteiger partial charge is 0.497 e. The highest BCUT2D eigenvalue weighted by atomic mass is 19.1. The molecule has 8 heteroatoms. The molecule has 1 unspecified atom stereocenters. The van der Waals surface area contributed by atoms with E-state index in [9.17, 15) is 9.18 Å². The molecule has 5 rings (SSSR count). The number of aromatic nitrogens is 2. The molecule has 0 radical (unpaired) electrons. The third kappa shape index (κ3) is 4.58. The number of halogens is 1. The maximum Gasteiger partial charge on any atom is 0.321 e. The smallest absolute Gasteiger partial charge is 0.321 e. The molecular formula is C28H30FN5O2. The summed E-state index contributed by atoms with van der Waals surface area (Å²) in [5.41, 5.74) is 3.81. The van der Waals surface area contributed by atoms with E-state index in [2.05, 4.69) is 15.8 Å². The lowest BCUT2D eigenvalue weighted by Gasteiger charge is -2.32. The number of carbonyl (C=O) groups is 1. The summed E-state index contributed by atoms with van der Waals surface area (Å²) in [7, 11) is 5.22. The van der Waals surface area contributed by atoms with E-state index in [1.165, 1.54) is 6.07 Å². The van der Waals surface area contributed by atoms with E-state index in [0.717, 1.165) is 41.2 Å². The summed E-state index contributed by atoms with van der Waals surface area (Å²) in [4.78, 5) is 21.6. The fraction of sp³-hybridized carbons (Fsp3) is 0.286. The highest BCUT2D eigenvalue weighted by molar-refractivity contribution is 5.89. The summed E-state index contributed by atoms with van der Waals surface area (Å²) < 4.78 is 21.9. The average molecular weight is 488 g/mol. The summed E-state index contributed by atoms with van der Waals surface area (Å²) in [6, 6.07) is 18.5. The first-order valence-corrected chi connectivity index (χ1v) is 12.1. The Hall–Kier alpha value is -4.07. The molecule has 1 saturated heterocycles. The normalized spacial score (nSPS) is 15.7. The molecule has 1 aliphatic heterocycles. The number of pyridine rings is 1. The maximum atomic E-state index is 14.4. The third-order valence-electron chi connectivity index (χ3n) is 6.67. The highest BCUT2D eigenvalue weighted by Crippen LogP contribution is 2.33. The van der Waals surface area contributed by atoms with Crippen molar-refractivity contribution in [2.24, 2.45) is 0 Å². The molecule has 1 atom stereocenters. The van der Waals surface area contributed by atoms with Gasteiger partial charge in [-0.3, -0.25) is 0 Å². The quantitative estimate of drug-likeness (QED) is 0.397. The zero-order valence-electron chi connectivity index (χ0n) is 20.7. The van der Waals surface area contributed by atoms with Crippen molar-refractivity contribution in [2.45, 2.75) is 18.8 Å². The SMILES string of the molecule is COc1cccc(-c2nc(C3CCCN(C(=O)Nc4ccc(N(C)C)c(F)c4)C3)n3ccccc23)c1. The Bertz CT molecular complexity index is 1400. The van der Waals surface area contributed by atoms with Crippen LogP contribution in [-0.4, -0.2) is 54.6 Å². The molecule has 2 aromatic carbocycles. The molecule has 4 aromatic rings. The zero-order chi connectivity index (χ0) is 25.2. The van der Waals surface area contributed by atoms with Gasteiger partial charge >= 0.3 is 6.03 Å². The lowest BCUT2D eigenvalue weighted by atomic mass is 9.97. The van der Waals surface area contributed by atoms with Crippen LogP contribution in [-0.2, 0) is 0 Å². The van der Waals surface area contributed by atoms with Crippen LogP contribution in [0.15, 0.2) is 66.9 Å². The predicted octanol–water partition coefficient (Wildman–Crippen LogP) is 5.63. The molecule has 2 amide bonds. The van der Waals surface area contributed by atoms with Crippen molar-refractivity contribution in [2.75, 3.05) is 44.5 Å². The Balaban J connectivity index is 1.39. The molecule has 2 aromatic heterocycles. The van der Waals surface area contributed by atoms with Crippen molar-refractivity contribution in [3.05, 3.63) is 78.5 Å². The van der Waals surface area contributed by atoms with Crippen molar-refractivity contribution in [1.82, 2.24) is 14.3 Å². The lowest BCUT2D eigenvalue weighted by molar-refractivity contribution is 0.191. The number of nitrogens with zero attached hydrogens (tertiary/aromatic N) is 4. The van der Waals surface area contributed by atoms with Gasteiger partial charge in [0.2, 0.25) is 0 Å². The number of hydrogen-bond donors (Lipinski definition) is 1. The zero-order valence-corrected chi connectivity index (χ0v) is 20.7. The van der Waals surface area contributed by atoms with Crippen LogP contribution in [0.4, 0.5) is 20.6 Å². The molecular weight excluding hydrogens is 457 g/mol. The summed E-state index contributed by atoms with van der Waals surface area (Å²) in [6.07, 6.45) is 3.82. The summed E-state index contributed by atoms with van der Waals surface area (Å²) in [5, 5.41) is 2.86. The number of fused-ring (bicyclic) bond motifs is 1. The standard InChI is InChI=1S/C28H30FN5O2/c1-32(2)24-13-12-21(17-23(24)29)30-28(35)33-14-7-9-20(18-33)27-31-26(25-11-4-5-15-34(25)27)19-8-6-10-22(16-19)36-3/h4-6,8,10-13,15-17,20H,7,9,14,18H2,1-3H3,(H,30,35). The Morgan fingerprint density at radius 1 is 1.14 bits per heavy atom. The van der Waals surface area contributed by atoms with Gasteiger partial charge in [0.05, 0.1) is 24.0 Å². The molecule has 1 fully saturated rings. The number of rotatable bonds is 5. The molecule has 1 N–H and O–H groups in total. The molecule has 0 saturated carbocycles. The number of anilines is 2. The first-order chi connectivity index (χ1) is 17.4. The average Bonchev–Trinajstić information content (AvgIpc) is 3.28. The monoisotopic (exact) mass is 487 g/mol. The number of nitrogens with one attached hydrogen (secondary N) is 1. The molecule has 0 spiro atoms. The van der Waals surface area contributed by atoms with Gasteiger partial charge in [-0.25, -0.2) is 14.2 Å². The Kier molecular flexibility index (Phi) is 6.50. The molecule has 3 heterocycles. The number of likely N-dealkylation sites (tertiary alicyclic amines) is 1. The van der Waals surface area contributed by atoms with E-state index in [1.54, 1.807) is 43.1 Å². The Morgan fingerprint density at radius 3 is 2.78 bits per heavy atom. The fourth-order valence-electron chi connectivity index (χ4n) is 4.85. The van der Waals surface area contributed by atoms with E-state index in [4.69, 9.17) is 9.72 Å². The minimum absolute atomic E-state index is 0.0756. The predicted molar refractivity (Wildman–Crippen MR) is 140 cm³/mol. The van der Waals surface area contributed by atoms with Crippen LogP contribution >= 0.6 is 0 Å². The van der Waals surface area contributed by atoms with Crippen LogP contribution in [0.1, 0.15) is 24.6 Å². The van der Waals surface area contributed by atoms with Gasteiger partial charge in [-0.15, -0.1) is 0 Å². The Labute approximate surface area is 210 Å². The summed E-state index contributed by atoms with van der Waals surface area (Å²) in [5.74, 6) is 1.42. The van der Waals surface area contributed by atoms with Gasteiger partial charge in [-0.1, -0.05) is 18.2 Å². The first kappa shape index (κ1) is 23.7. The van der Waals surface area contributed by atoms with Gasteiger partial charge < -0.3 is 24.3 Å². The van der Waals surface area contributed by atoms with Gasteiger partial charge in [0.25, 0.3) is 0 Å². The topological polar surface area (TPSA) is 62.1 Å². The minimum atomic E-state index is -0.372. The highest BCUT2D eigenvalue weighted by Gasteiger charge is 2.29. The number of imidazole rings is 1. The van der Waals surface area contributed by atoms with E-state index in [-0.39, 0.29) is 17.8 Å². The van der Waals surface area contributed by atoms with E-state index >= 15 is 0 Å². The van der Waals surface area contributed by atoms with Crippen LogP contribution in [0, 0.1) is 5.82 Å². The molecule has 186 valence electrons. The summed E-state index contributed by atoms with van der Waals surface area (Å²) >= 11 is 0. The number of methoxy groups -OCH3 is 1. The van der Waals surface area contributed by atoms with Crippen molar-refractivity contribution in [3.8, 4) is 17.0 Å². The second kappa shape index (κ2) is 9.89. The van der Waals surface area contributed by atoms with Gasteiger partial charge in [-0.2, -0.15) is 0 Å². The van der Waals surface area contributed by atoms with Crippen LogP contribution < -0.4 is 15.0 Å². The van der Waals surface area contributed by atoms with Crippen molar-refractivity contribution < 1.29 is 13.9 Å². The van der Waals surface area contributed by atoms with E-state index in [0.29, 0.717) is 24.5 Å². The number of urea groups is 1. The number of benzene rings is 2. The van der Waals surface area contributed by atoms with Gasteiger partial charge in [0, 0.05) is 50.6 Å². The fourth-order valence-corrected chi connectivity index (χ4v) is 4.85. The van der Waals surface area contributed by atoms with Crippen LogP contribution in [0.25, 0.3) is 16.8 Å². The molecule has 36 heavy (non-hydrogen) atoms. The molecule has 0 bridgehead atoms. The number of hydrogen-bond acceptors (Lipinski definition) is 4. The van der Waals surface area contributed by atoms with Crippen LogP contribution in [0.2, 0.25) is 0 Å². The maximum absolute atomic E-state index is 14.4. The van der Waals surface area contributed by atoms with Gasteiger partial charge in [-0.05, 0) is 55.3 Å². The van der Waals surface area contributed by atoms with Crippen LogP contribution in [0.5, 0.6) is 5.75 Å². The van der Waals surface area contributed by atoms with Crippen molar-refractivity contribution >= 4 is 22.9 Å². The van der Waals surface area contributed by atoms with E-state index in [1.807, 2.05) is 42.6 Å². The number of carbonyl (C=O) groups excluding carboxylic acids is 1. The number of piperidine rings is 1. The van der Waals surface area contributed by atoms with Crippen LogP contribution in [0.3, 0.4) is 0 Å². The van der Waals surface area contributed by atoms with E-state index < -0.39 is 0 Å². The Morgan fingerprint density at radius 2 is 2.00 bits per heavy atom. The molecule has 1 aliphatic rings. The number of amides is 2. The second-order valence-corrected chi connectivity index (χ2v) is 9.28. The van der Waals surface area contributed by atoms with Gasteiger partial charge in [0.15, 0.2) is 0 Å². The molecule has 7 nitrogen and oxygen atoms in total. The van der Waals surface area contributed by atoms with Gasteiger partial charge in [0.1, 0.15) is 17.4 Å².